The highest BCUT2D eigenvalue weighted by molar-refractivity contribution is 7.23. The number of hydrogen-bond acceptors (Lipinski definition) is 6. The highest BCUT2D eigenvalue weighted by Gasteiger charge is 2.25. The molecule has 0 aliphatic rings. The van der Waals surface area contributed by atoms with Gasteiger partial charge in [0.25, 0.3) is 5.91 Å². The van der Waals surface area contributed by atoms with Gasteiger partial charge in [-0.05, 0) is 38.4 Å². The van der Waals surface area contributed by atoms with Crippen molar-refractivity contribution >= 4 is 44.2 Å². The number of benzene rings is 2. The summed E-state index contributed by atoms with van der Waals surface area (Å²) in [5.41, 5.74) is 1.14. The maximum Gasteiger partial charge on any atom is 0.263 e. The van der Waals surface area contributed by atoms with Crippen LogP contribution in [0.3, 0.4) is 0 Å². The van der Waals surface area contributed by atoms with Crippen molar-refractivity contribution in [2.75, 3.05) is 46.3 Å². The molecule has 0 unspecified atom stereocenters. The topological polar surface area (TPSA) is 54.9 Å². The number of nitrogens with zero attached hydrogens (tertiary/aromatic N) is 3. The summed E-state index contributed by atoms with van der Waals surface area (Å²) in [5.74, 6) is 0.978. The van der Waals surface area contributed by atoms with Crippen LogP contribution in [0.25, 0.3) is 10.2 Å². The van der Waals surface area contributed by atoms with E-state index in [1.54, 1.807) is 43.4 Å². The van der Waals surface area contributed by atoms with E-state index in [9.17, 15) is 4.79 Å². The van der Waals surface area contributed by atoms with Gasteiger partial charge in [-0.1, -0.05) is 35.1 Å². The molecule has 2 aromatic carbocycles. The van der Waals surface area contributed by atoms with E-state index in [1.165, 1.54) is 11.3 Å². The number of carbonyl (C=O) groups excluding carboxylic acids is 1. The van der Waals surface area contributed by atoms with Gasteiger partial charge >= 0.3 is 0 Å². The Morgan fingerprint density at radius 1 is 1.07 bits per heavy atom. The van der Waals surface area contributed by atoms with E-state index >= 15 is 0 Å². The SMILES string of the molecule is COc1ccccc1C(=O)N(CCN(C)C)c1nc2c(OC)ccc(Cl)c2s1. The number of halogens is 1. The van der Waals surface area contributed by atoms with E-state index in [2.05, 4.69) is 4.98 Å². The van der Waals surface area contributed by atoms with Gasteiger partial charge in [0.05, 0.1) is 29.5 Å². The third kappa shape index (κ3) is 4.06. The number of amides is 1. The number of fused-ring (bicyclic) bond motifs is 1. The molecule has 0 atom stereocenters. The molecule has 3 rings (SSSR count). The molecule has 1 heterocycles. The van der Waals surface area contributed by atoms with Gasteiger partial charge in [-0.2, -0.15) is 0 Å². The number of aromatic nitrogens is 1. The van der Waals surface area contributed by atoms with E-state index in [0.717, 1.165) is 4.70 Å². The normalized spacial score (nSPS) is 11.1. The minimum Gasteiger partial charge on any atom is -0.496 e. The molecule has 0 bridgehead atoms. The minimum absolute atomic E-state index is 0.173. The number of para-hydroxylation sites is 1. The molecule has 148 valence electrons. The Balaban J connectivity index is 2.09. The number of ether oxygens (including phenoxy) is 2. The maximum absolute atomic E-state index is 13.4. The second-order valence-electron chi connectivity index (χ2n) is 6.38. The summed E-state index contributed by atoms with van der Waals surface area (Å²) in [6, 6.07) is 10.7. The van der Waals surface area contributed by atoms with E-state index in [-0.39, 0.29) is 5.91 Å². The predicted octanol–water partition coefficient (Wildman–Crippen LogP) is 4.18. The highest BCUT2D eigenvalue weighted by atomic mass is 35.5. The van der Waals surface area contributed by atoms with E-state index < -0.39 is 0 Å². The first-order chi connectivity index (χ1) is 13.5. The maximum atomic E-state index is 13.4. The van der Waals surface area contributed by atoms with Gasteiger partial charge < -0.3 is 14.4 Å². The van der Waals surface area contributed by atoms with Crippen molar-refractivity contribution in [2.45, 2.75) is 0 Å². The van der Waals surface area contributed by atoms with Crippen molar-refractivity contribution in [1.29, 1.82) is 0 Å². The zero-order valence-electron chi connectivity index (χ0n) is 16.2. The Bertz CT molecular complexity index is 990. The summed E-state index contributed by atoms with van der Waals surface area (Å²) in [6.45, 7) is 1.16. The van der Waals surface area contributed by atoms with E-state index in [4.69, 9.17) is 21.1 Å². The zero-order chi connectivity index (χ0) is 20.3. The van der Waals surface area contributed by atoms with Crippen molar-refractivity contribution in [3.8, 4) is 11.5 Å². The van der Waals surface area contributed by atoms with Crippen LogP contribution in [-0.2, 0) is 0 Å². The van der Waals surface area contributed by atoms with E-state index in [1.807, 2.05) is 31.1 Å². The predicted molar refractivity (Wildman–Crippen MR) is 114 cm³/mol. The molecule has 1 aromatic heterocycles. The van der Waals surface area contributed by atoms with Gasteiger partial charge in [-0.3, -0.25) is 9.69 Å². The number of likely N-dealkylation sites (N-methyl/N-ethyl adjacent to an activating group) is 1. The van der Waals surface area contributed by atoms with Crippen LogP contribution in [0.2, 0.25) is 5.02 Å². The van der Waals surface area contributed by atoms with Crippen molar-refractivity contribution in [3.05, 3.63) is 47.0 Å². The average Bonchev–Trinajstić information content (AvgIpc) is 3.14. The average molecular weight is 420 g/mol. The fourth-order valence-electron chi connectivity index (χ4n) is 2.77. The van der Waals surface area contributed by atoms with Gasteiger partial charge in [0.1, 0.15) is 17.0 Å². The van der Waals surface area contributed by atoms with Crippen LogP contribution < -0.4 is 14.4 Å². The van der Waals surface area contributed by atoms with Gasteiger partial charge in [0.2, 0.25) is 0 Å². The largest absolute Gasteiger partial charge is 0.496 e. The van der Waals surface area contributed by atoms with Crippen LogP contribution in [0.15, 0.2) is 36.4 Å². The number of carbonyl (C=O) groups is 1. The molecule has 8 heteroatoms. The lowest BCUT2D eigenvalue weighted by Gasteiger charge is -2.22. The molecule has 28 heavy (non-hydrogen) atoms. The number of methoxy groups -OCH3 is 2. The van der Waals surface area contributed by atoms with Crippen LogP contribution in [0.1, 0.15) is 10.4 Å². The first-order valence-corrected chi connectivity index (χ1v) is 9.88. The quantitative estimate of drug-likeness (QED) is 0.575. The lowest BCUT2D eigenvalue weighted by Crippen LogP contribution is -2.36. The van der Waals surface area contributed by atoms with Crippen LogP contribution in [0.4, 0.5) is 5.13 Å². The lowest BCUT2D eigenvalue weighted by molar-refractivity contribution is 0.0982. The number of rotatable bonds is 7. The van der Waals surface area contributed by atoms with Crippen LogP contribution in [0, 0.1) is 0 Å². The van der Waals surface area contributed by atoms with Gasteiger partial charge in [-0.15, -0.1) is 0 Å². The number of anilines is 1. The zero-order valence-corrected chi connectivity index (χ0v) is 17.8. The summed E-state index contributed by atoms with van der Waals surface area (Å²) in [4.78, 5) is 21.7. The van der Waals surface area contributed by atoms with Gasteiger partial charge in [0.15, 0.2) is 5.13 Å². The minimum atomic E-state index is -0.173. The molecule has 1 amide bonds. The summed E-state index contributed by atoms with van der Waals surface area (Å²) in [7, 11) is 7.07. The number of thiazole rings is 1. The second-order valence-corrected chi connectivity index (χ2v) is 7.77. The Labute approximate surface area is 173 Å². The molecule has 0 spiro atoms. The molecule has 0 aliphatic heterocycles. The fourth-order valence-corrected chi connectivity index (χ4v) is 4.05. The molecule has 0 fully saturated rings. The monoisotopic (exact) mass is 419 g/mol. The Kier molecular flexibility index (Phi) is 6.39. The molecule has 0 saturated heterocycles. The molecule has 0 radical (unpaired) electrons. The van der Waals surface area contributed by atoms with Gasteiger partial charge in [-0.25, -0.2) is 4.98 Å². The lowest BCUT2D eigenvalue weighted by atomic mass is 10.1. The fraction of sp³-hybridized carbons (Fsp3) is 0.300. The van der Waals surface area contributed by atoms with E-state index in [0.29, 0.717) is 45.8 Å². The van der Waals surface area contributed by atoms with Crippen molar-refractivity contribution < 1.29 is 14.3 Å². The van der Waals surface area contributed by atoms with Crippen molar-refractivity contribution in [3.63, 3.8) is 0 Å². The molecular weight excluding hydrogens is 398 g/mol. The third-order valence-corrected chi connectivity index (χ3v) is 5.79. The molecule has 0 saturated carbocycles. The summed E-state index contributed by atoms with van der Waals surface area (Å²) < 4.78 is 11.6. The van der Waals surface area contributed by atoms with Crippen molar-refractivity contribution in [2.24, 2.45) is 0 Å². The Morgan fingerprint density at radius 3 is 2.46 bits per heavy atom. The third-order valence-electron chi connectivity index (χ3n) is 4.25. The molecular formula is C20H22ClN3O3S. The Morgan fingerprint density at radius 2 is 1.79 bits per heavy atom. The van der Waals surface area contributed by atoms with Crippen molar-refractivity contribution in [1.82, 2.24) is 9.88 Å². The highest BCUT2D eigenvalue weighted by Crippen LogP contribution is 2.39. The standard InChI is InChI=1S/C20H22ClN3O3S/c1-23(2)11-12-24(19(25)13-7-5-6-8-15(13)26-3)20-22-17-16(27-4)10-9-14(21)18(17)28-20/h5-10H,11-12H2,1-4H3. The van der Waals surface area contributed by atoms with Gasteiger partial charge in [0, 0.05) is 13.1 Å². The van der Waals surface area contributed by atoms with Crippen LogP contribution >= 0.6 is 22.9 Å². The summed E-state index contributed by atoms with van der Waals surface area (Å²) in [6.07, 6.45) is 0. The smallest absolute Gasteiger partial charge is 0.263 e. The first-order valence-electron chi connectivity index (χ1n) is 8.69. The summed E-state index contributed by atoms with van der Waals surface area (Å²) in [5, 5.41) is 1.15. The van der Waals surface area contributed by atoms with Crippen LogP contribution in [-0.4, -0.2) is 57.2 Å². The molecule has 6 nitrogen and oxygen atoms in total. The molecule has 0 aliphatic carbocycles. The number of hydrogen-bond donors (Lipinski definition) is 0. The Hall–Kier alpha value is -2.35. The molecule has 3 aromatic rings. The second kappa shape index (κ2) is 8.77. The van der Waals surface area contributed by atoms with Crippen LogP contribution in [0.5, 0.6) is 11.5 Å². The first kappa shape index (κ1) is 20.4. The summed E-state index contributed by atoms with van der Waals surface area (Å²) >= 11 is 7.73. The molecule has 0 N–H and O–H groups in total.